The van der Waals surface area contributed by atoms with Gasteiger partial charge in [0.15, 0.2) is 0 Å². The number of hydrogen-bond donors (Lipinski definition) is 1. The third-order valence-corrected chi connectivity index (χ3v) is 5.90. The van der Waals surface area contributed by atoms with Gasteiger partial charge in [0.1, 0.15) is 6.10 Å². The number of carbonyl (C=O) groups is 1. The molecular formula is C23H25N3O2. The van der Waals surface area contributed by atoms with E-state index >= 15 is 0 Å². The van der Waals surface area contributed by atoms with Crippen molar-refractivity contribution in [3.63, 3.8) is 0 Å². The number of amides is 1. The first-order valence-corrected chi connectivity index (χ1v) is 10.1. The molecule has 0 radical (unpaired) electrons. The molecule has 2 aromatic carbocycles. The summed E-state index contributed by atoms with van der Waals surface area (Å²) in [6.07, 6.45) is 3.22. The maximum absolute atomic E-state index is 12.4. The zero-order chi connectivity index (χ0) is 18.9. The Bertz CT molecular complexity index is 935. The fourth-order valence-corrected chi connectivity index (χ4v) is 4.53. The van der Waals surface area contributed by atoms with Crippen LogP contribution in [0.25, 0.3) is 10.9 Å². The summed E-state index contributed by atoms with van der Waals surface area (Å²) in [6.45, 7) is 2.42. The van der Waals surface area contributed by atoms with E-state index in [9.17, 15) is 4.79 Å². The summed E-state index contributed by atoms with van der Waals surface area (Å²) < 4.78 is 5.71. The number of likely N-dealkylation sites (tertiary alicyclic amines) is 1. The van der Waals surface area contributed by atoms with Crippen LogP contribution in [-0.2, 0) is 4.74 Å². The van der Waals surface area contributed by atoms with Gasteiger partial charge in [0.05, 0.1) is 6.54 Å². The van der Waals surface area contributed by atoms with Crippen LogP contribution in [0.5, 0.6) is 0 Å². The van der Waals surface area contributed by atoms with Crippen molar-refractivity contribution in [1.29, 1.82) is 0 Å². The van der Waals surface area contributed by atoms with E-state index in [4.69, 9.17) is 4.74 Å². The molecule has 1 amide bonds. The van der Waals surface area contributed by atoms with Crippen molar-refractivity contribution < 1.29 is 9.53 Å². The average Bonchev–Trinajstić information content (AvgIpc) is 3.32. The number of aromatic amines is 1. The number of nitrogens with zero attached hydrogens (tertiary/aromatic N) is 2. The van der Waals surface area contributed by atoms with Crippen molar-refractivity contribution in [1.82, 2.24) is 9.88 Å². The first-order chi connectivity index (χ1) is 13.8. The highest BCUT2D eigenvalue weighted by atomic mass is 16.6. The van der Waals surface area contributed by atoms with Crippen LogP contribution in [0.15, 0.2) is 60.7 Å². The Kier molecular flexibility index (Phi) is 4.53. The van der Waals surface area contributed by atoms with Crippen molar-refractivity contribution in [2.75, 3.05) is 24.5 Å². The van der Waals surface area contributed by atoms with Gasteiger partial charge < -0.3 is 9.72 Å². The minimum absolute atomic E-state index is 0.0994. The lowest BCUT2D eigenvalue weighted by molar-refractivity contribution is 0.0714. The van der Waals surface area contributed by atoms with E-state index < -0.39 is 0 Å². The topological polar surface area (TPSA) is 48.6 Å². The zero-order valence-corrected chi connectivity index (χ0v) is 15.9. The molecule has 144 valence electrons. The molecule has 1 N–H and O–H groups in total. The maximum Gasteiger partial charge on any atom is 0.414 e. The third kappa shape index (κ3) is 3.27. The van der Waals surface area contributed by atoms with Gasteiger partial charge in [0.25, 0.3) is 0 Å². The van der Waals surface area contributed by atoms with Crippen LogP contribution < -0.4 is 4.90 Å². The molecule has 28 heavy (non-hydrogen) atoms. The molecule has 3 aromatic rings. The van der Waals surface area contributed by atoms with Gasteiger partial charge >= 0.3 is 6.09 Å². The monoisotopic (exact) mass is 375 g/mol. The molecule has 5 nitrogen and oxygen atoms in total. The number of para-hydroxylation sites is 2. The van der Waals surface area contributed by atoms with Crippen LogP contribution in [-0.4, -0.2) is 41.7 Å². The molecule has 5 heteroatoms. The second-order valence-electron chi connectivity index (χ2n) is 7.77. The molecule has 1 aromatic heterocycles. The number of rotatable bonds is 4. The SMILES string of the molecule is O=C1O[C@H](CN2CCCC[C@@H]2c2cc3ccccc3[nH]2)CN1c1ccccc1. The summed E-state index contributed by atoms with van der Waals surface area (Å²) >= 11 is 0. The lowest BCUT2D eigenvalue weighted by Crippen LogP contribution is -2.40. The summed E-state index contributed by atoms with van der Waals surface area (Å²) in [7, 11) is 0. The number of aromatic nitrogens is 1. The number of fused-ring (bicyclic) bond motifs is 1. The lowest BCUT2D eigenvalue weighted by Gasteiger charge is -2.36. The molecule has 5 rings (SSSR count). The highest BCUT2D eigenvalue weighted by Crippen LogP contribution is 2.33. The minimum atomic E-state index is -0.240. The van der Waals surface area contributed by atoms with E-state index in [1.165, 1.54) is 29.4 Å². The van der Waals surface area contributed by atoms with Crippen molar-refractivity contribution >= 4 is 22.7 Å². The van der Waals surface area contributed by atoms with E-state index in [0.717, 1.165) is 25.2 Å². The molecule has 0 unspecified atom stereocenters. The summed E-state index contributed by atoms with van der Waals surface area (Å²) in [5.41, 5.74) is 3.36. The third-order valence-electron chi connectivity index (χ3n) is 5.90. The lowest BCUT2D eigenvalue weighted by atomic mass is 9.98. The van der Waals surface area contributed by atoms with Gasteiger partial charge in [0, 0.05) is 29.5 Å². The second-order valence-corrected chi connectivity index (χ2v) is 7.77. The Labute approximate surface area is 164 Å². The summed E-state index contributed by atoms with van der Waals surface area (Å²) in [4.78, 5) is 20.2. The number of carbonyl (C=O) groups excluding carboxylic acids is 1. The van der Waals surface area contributed by atoms with Crippen LogP contribution in [0.4, 0.5) is 10.5 Å². The quantitative estimate of drug-likeness (QED) is 0.718. The van der Waals surface area contributed by atoms with Crippen LogP contribution in [0.1, 0.15) is 31.0 Å². The van der Waals surface area contributed by atoms with E-state index in [2.05, 4.69) is 40.2 Å². The summed E-state index contributed by atoms with van der Waals surface area (Å²) in [5.74, 6) is 0. The largest absolute Gasteiger partial charge is 0.443 e. The van der Waals surface area contributed by atoms with Crippen LogP contribution in [0.3, 0.4) is 0 Å². The van der Waals surface area contributed by atoms with Crippen LogP contribution in [0, 0.1) is 0 Å². The molecule has 0 spiro atoms. The van der Waals surface area contributed by atoms with E-state index in [0.29, 0.717) is 12.6 Å². The molecule has 3 heterocycles. The molecular weight excluding hydrogens is 350 g/mol. The van der Waals surface area contributed by atoms with Crippen LogP contribution in [0.2, 0.25) is 0 Å². The highest BCUT2D eigenvalue weighted by molar-refractivity contribution is 5.89. The predicted molar refractivity (Wildman–Crippen MR) is 111 cm³/mol. The van der Waals surface area contributed by atoms with Crippen molar-refractivity contribution in [2.45, 2.75) is 31.4 Å². The Morgan fingerprint density at radius 3 is 2.71 bits per heavy atom. The predicted octanol–water partition coefficient (Wildman–Crippen LogP) is 4.72. The zero-order valence-electron chi connectivity index (χ0n) is 15.9. The number of ether oxygens (including phenoxy) is 1. The number of piperidine rings is 1. The molecule has 2 aliphatic heterocycles. The molecule has 0 saturated carbocycles. The number of anilines is 1. The van der Waals surface area contributed by atoms with E-state index in [1.807, 2.05) is 30.3 Å². The van der Waals surface area contributed by atoms with Gasteiger partial charge in [-0.1, -0.05) is 42.8 Å². The minimum Gasteiger partial charge on any atom is -0.443 e. The first kappa shape index (κ1) is 17.3. The van der Waals surface area contributed by atoms with Gasteiger partial charge in [0.2, 0.25) is 0 Å². The molecule has 0 aliphatic carbocycles. The fourth-order valence-electron chi connectivity index (χ4n) is 4.53. The number of hydrogen-bond acceptors (Lipinski definition) is 3. The number of benzene rings is 2. The van der Waals surface area contributed by atoms with E-state index in [1.54, 1.807) is 4.90 Å². The first-order valence-electron chi connectivity index (χ1n) is 10.1. The van der Waals surface area contributed by atoms with Gasteiger partial charge in [-0.2, -0.15) is 0 Å². The molecule has 2 aliphatic rings. The summed E-state index contributed by atoms with van der Waals surface area (Å²) in [5, 5.41) is 1.26. The number of nitrogens with one attached hydrogen (secondary N) is 1. The molecule has 2 fully saturated rings. The number of H-pyrrole nitrogens is 1. The number of cyclic esters (lactones) is 1. The second kappa shape index (κ2) is 7.32. The molecule has 2 atom stereocenters. The van der Waals surface area contributed by atoms with Gasteiger partial charge in [-0.15, -0.1) is 0 Å². The fraction of sp³-hybridized carbons (Fsp3) is 0.348. The Morgan fingerprint density at radius 2 is 1.86 bits per heavy atom. The van der Waals surface area contributed by atoms with Crippen LogP contribution >= 0.6 is 0 Å². The molecule has 0 bridgehead atoms. The highest BCUT2D eigenvalue weighted by Gasteiger charge is 2.36. The van der Waals surface area contributed by atoms with Gasteiger partial charge in [-0.25, -0.2) is 4.79 Å². The standard InChI is InChI=1S/C23H25N3O2/c27-23-26(18-9-2-1-3-10-18)16-19(28-23)15-25-13-7-6-12-22(25)21-14-17-8-4-5-11-20(17)24-21/h1-5,8-11,14,19,22,24H,6-7,12-13,15-16H2/t19-,22-/m1/s1. The smallest absolute Gasteiger partial charge is 0.414 e. The van der Waals surface area contributed by atoms with E-state index in [-0.39, 0.29) is 12.2 Å². The Morgan fingerprint density at radius 1 is 1.04 bits per heavy atom. The summed E-state index contributed by atoms with van der Waals surface area (Å²) in [6, 6.07) is 20.8. The average molecular weight is 375 g/mol. The van der Waals surface area contributed by atoms with Crippen molar-refractivity contribution in [2.24, 2.45) is 0 Å². The molecule has 2 saturated heterocycles. The van der Waals surface area contributed by atoms with Gasteiger partial charge in [-0.05, 0) is 49.0 Å². The van der Waals surface area contributed by atoms with Crippen molar-refractivity contribution in [3.8, 4) is 0 Å². The normalized spacial score (nSPS) is 23.3. The maximum atomic E-state index is 12.4. The van der Waals surface area contributed by atoms with Crippen molar-refractivity contribution in [3.05, 3.63) is 66.4 Å². The Hall–Kier alpha value is -2.79. The van der Waals surface area contributed by atoms with Gasteiger partial charge in [-0.3, -0.25) is 9.80 Å². The Balaban J connectivity index is 1.32.